The molecule has 24 nitrogen and oxygen atoms in total. The first-order chi connectivity index (χ1) is 63.9. The van der Waals surface area contributed by atoms with Crippen molar-refractivity contribution in [3.63, 3.8) is 0 Å². The van der Waals surface area contributed by atoms with Gasteiger partial charge in [-0.3, -0.25) is 19.2 Å². The molecule has 4 saturated carbocycles. The third-order valence-corrected chi connectivity index (χ3v) is 35.0. The van der Waals surface area contributed by atoms with Crippen LogP contribution in [-0.2, 0) is 38.5 Å². The van der Waals surface area contributed by atoms with E-state index in [2.05, 4.69) is 85.1 Å². The number of hydrogen-bond acceptors (Lipinski definition) is 24. The number of anilines is 8. The minimum absolute atomic E-state index is 0.0880. The van der Waals surface area contributed by atoms with Crippen LogP contribution in [0.3, 0.4) is 0 Å². The average molecular weight is 1860 g/mol. The second-order valence-electron chi connectivity index (χ2n) is 39.0. The van der Waals surface area contributed by atoms with Crippen molar-refractivity contribution < 1.29 is 37.4 Å². The van der Waals surface area contributed by atoms with Gasteiger partial charge in [0.05, 0.1) is 34.8 Å². The molecule has 4 saturated heterocycles. The van der Waals surface area contributed by atoms with Gasteiger partial charge in [0.15, 0.2) is 0 Å². The van der Waals surface area contributed by atoms with E-state index in [0.717, 1.165) is 186 Å². The van der Waals surface area contributed by atoms with Crippen molar-refractivity contribution in [3.05, 3.63) is 184 Å². The molecule has 6 aliphatic carbocycles. The van der Waals surface area contributed by atoms with Crippen LogP contribution in [0.4, 0.5) is 54.5 Å². The maximum absolute atomic E-state index is 15.2. The first-order valence-electron chi connectivity index (χ1n) is 47.7. The lowest BCUT2D eigenvalue weighted by atomic mass is 9.91. The van der Waals surface area contributed by atoms with Gasteiger partial charge in [0.2, 0.25) is 0 Å². The Morgan fingerprint density at radius 1 is 0.371 bits per heavy atom. The molecule has 10 aromatic heterocycles. The number of nitrogens with one attached hydrogen (secondary N) is 4. The van der Waals surface area contributed by atoms with Gasteiger partial charge in [-0.25, -0.2) is 38.7 Å². The third-order valence-electron chi connectivity index (χ3n) is 30.5. The zero-order valence-electron chi connectivity index (χ0n) is 75.8. The molecule has 8 fully saturated rings. The number of nitrogens with two attached hydrogens (primary N) is 4. The summed E-state index contributed by atoms with van der Waals surface area (Å²) < 4.78 is 42.2. The largest absolute Gasteiger partial charge is 0.491 e. The van der Waals surface area contributed by atoms with Gasteiger partial charge < -0.3 is 73.3 Å². The lowest BCUT2D eigenvalue weighted by molar-refractivity contribution is 0.0911. The number of hydrogen-bond donors (Lipinski definition) is 8. The van der Waals surface area contributed by atoms with Crippen molar-refractivity contribution in [3.8, 4) is 11.5 Å². The number of fused-ring (bicyclic) bond motifs is 12. The maximum atomic E-state index is 15.2. The van der Waals surface area contributed by atoms with Gasteiger partial charge in [-0.1, -0.05) is 37.8 Å². The Morgan fingerprint density at radius 3 is 1.11 bits per heavy atom. The Kier molecular flexibility index (Phi) is 23.9. The molecule has 12 aromatic rings. The van der Waals surface area contributed by atoms with Gasteiger partial charge in [0.1, 0.15) is 86.8 Å². The van der Waals surface area contributed by atoms with Crippen LogP contribution in [0, 0.1) is 76.8 Å². The van der Waals surface area contributed by atoms with Gasteiger partial charge in [-0.05, 0) is 264 Å². The second kappa shape index (κ2) is 36.0. The number of amides is 4. The zero-order chi connectivity index (χ0) is 90.8. The van der Waals surface area contributed by atoms with E-state index in [1.54, 1.807) is 12.1 Å². The summed E-state index contributed by atoms with van der Waals surface area (Å²) in [5, 5.41) is 15.8. The molecule has 2 aromatic carbocycles. The summed E-state index contributed by atoms with van der Waals surface area (Å²) in [6, 6.07) is 29.7. The molecule has 24 rings (SSSR count). The van der Waals surface area contributed by atoms with E-state index >= 15 is 8.78 Å². The molecule has 0 spiro atoms. The van der Waals surface area contributed by atoms with Gasteiger partial charge in [0, 0.05) is 166 Å². The molecule has 30 heteroatoms. The molecule has 16 heterocycles. The summed E-state index contributed by atoms with van der Waals surface area (Å²) in [6.07, 6.45) is 26.6. The highest BCUT2D eigenvalue weighted by Crippen LogP contribution is 2.49. The minimum atomic E-state index is -0.323. The molecule has 688 valence electrons. The summed E-state index contributed by atoms with van der Waals surface area (Å²) >= 11 is 5.34. The maximum Gasteiger partial charge on any atom is 0.263 e. The molecule has 6 aliphatic heterocycles. The van der Waals surface area contributed by atoms with E-state index in [4.69, 9.17) is 42.4 Å². The Hall–Kier alpha value is -11.1. The predicted molar refractivity (Wildman–Crippen MR) is 526 cm³/mol. The lowest BCUT2D eigenvalue weighted by Crippen LogP contribution is -2.43. The summed E-state index contributed by atoms with van der Waals surface area (Å²) in [6.45, 7) is 16.7. The third kappa shape index (κ3) is 16.9. The Labute approximate surface area is 783 Å². The number of aromatic nitrogens is 6. The quantitative estimate of drug-likeness (QED) is 0.0563. The topological polar surface area (TPSA) is 329 Å². The Bertz CT molecular complexity index is 6180. The highest BCUT2D eigenvalue weighted by atomic mass is 32.1. The number of pyridine rings is 6. The van der Waals surface area contributed by atoms with Crippen LogP contribution in [0.1, 0.15) is 222 Å². The second-order valence-corrected chi connectivity index (χ2v) is 43.0. The highest BCUT2D eigenvalue weighted by molar-refractivity contribution is 7.22. The van der Waals surface area contributed by atoms with Gasteiger partial charge in [-0.2, -0.15) is 0 Å². The lowest BCUT2D eigenvalue weighted by Gasteiger charge is -2.30. The summed E-state index contributed by atoms with van der Waals surface area (Å²) in [7, 11) is 0. The van der Waals surface area contributed by atoms with Crippen molar-refractivity contribution in [1.29, 1.82) is 0 Å². The zero-order valence-corrected chi connectivity index (χ0v) is 79.1. The molecule has 0 bridgehead atoms. The van der Waals surface area contributed by atoms with Crippen molar-refractivity contribution >= 4 is 156 Å². The van der Waals surface area contributed by atoms with Gasteiger partial charge in [0.25, 0.3) is 23.6 Å². The number of carbonyl (C=O) groups excluding carboxylic acids is 4. The van der Waals surface area contributed by atoms with Crippen LogP contribution >= 0.6 is 45.3 Å². The van der Waals surface area contributed by atoms with E-state index in [-0.39, 0.29) is 59.4 Å². The monoisotopic (exact) mass is 1850 g/mol. The van der Waals surface area contributed by atoms with Gasteiger partial charge >= 0.3 is 0 Å². The van der Waals surface area contributed by atoms with Crippen molar-refractivity contribution in [2.24, 2.45) is 23.7 Å². The molecule has 4 amide bonds. The first kappa shape index (κ1) is 87.6. The molecule has 132 heavy (non-hydrogen) atoms. The standard InChI is InChI=1S/2C26H31N5OS.2C25H27FN4O2S/c2*1-14-12-15(2)28-26-22(14)23(27)24(33-26)25(32)29-18-7-8-19-17(13-18)6-9-21(30-19)31-11-10-16-4-3-5-20(16)31;2*1-13-5-6-17-22(27)23(33-25(17)28-13)24(31)29-15-9-18-19(26)10-16(11-21(18)32-12-15)30-8-7-14-3-2-4-20(14)30/h2*6,9,12,16,18,20H,3-5,7-8,10-11,13,27H2,1-2H3,(H,29,32);2*5-6,10-11,14-15,20H,2-4,7-9,12,27H2,1H3,(H,29,31)/t16-,18+,20-;16-,18-,20-;14-,15+,20-;14-,15-,20-/m1001/s1. The SMILES string of the molecule is Cc1cc(C)c2c(N)c(C(=O)N[C@H]3CCc4nc(N5CC[C@@H]6CCC[C@@H]65)ccc4C3)sc2n1.Cc1cc(C)c2c(N)c(C(=O)N[C@H]3CCc4nc(N5CC[C@H]6CCC[C@H]65)ccc4C3)sc2n1.Cc1ccc2c(N)c(C(=O)N[C@H]3COc4cc(N5CC[C@@H]6CCC[C@@H]65)cc(F)c4C3)sc2n1.Cc1ccc2c(N)c(C(=O)N[C@H]3COc4cc(N5CC[C@H]6CCC[C@H]65)cc(F)c4C3)sc2n1. The number of benzene rings is 2. The summed E-state index contributed by atoms with van der Waals surface area (Å²) in [4.78, 5) is 95.4. The number of thiophene rings is 4. The fourth-order valence-corrected chi connectivity index (χ4v) is 28.4. The van der Waals surface area contributed by atoms with E-state index in [9.17, 15) is 19.2 Å². The van der Waals surface area contributed by atoms with Crippen LogP contribution in [0.25, 0.3) is 40.9 Å². The molecule has 0 unspecified atom stereocenters. The van der Waals surface area contributed by atoms with E-state index in [1.807, 2.05) is 90.1 Å². The van der Waals surface area contributed by atoms with Crippen molar-refractivity contribution in [2.45, 2.75) is 244 Å². The van der Waals surface area contributed by atoms with Crippen LogP contribution < -0.4 is 73.3 Å². The van der Waals surface area contributed by atoms with Crippen molar-refractivity contribution in [1.82, 2.24) is 51.2 Å². The van der Waals surface area contributed by atoms with Crippen LogP contribution in [-0.4, -0.2) is 141 Å². The van der Waals surface area contributed by atoms with E-state index < -0.39 is 0 Å². The smallest absolute Gasteiger partial charge is 0.263 e. The number of carbonyl (C=O) groups is 4. The molecule has 0 radical (unpaired) electrons. The Morgan fingerprint density at radius 2 is 0.720 bits per heavy atom. The van der Waals surface area contributed by atoms with Crippen molar-refractivity contribution in [2.75, 3.05) is 81.9 Å². The van der Waals surface area contributed by atoms with Crippen LogP contribution in [0.15, 0.2) is 84.9 Å². The molecule has 12 N–H and O–H groups in total. The first-order valence-corrected chi connectivity index (χ1v) is 51.0. The van der Waals surface area contributed by atoms with Gasteiger partial charge in [-0.15, -0.1) is 45.3 Å². The highest BCUT2D eigenvalue weighted by Gasteiger charge is 2.44. The van der Waals surface area contributed by atoms with Crippen LogP contribution in [0.5, 0.6) is 11.5 Å². The number of nitrogens with zero attached hydrogens (tertiary/aromatic N) is 10. The molecular weight excluding hydrogens is 1740 g/mol. The van der Waals surface area contributed by atoms with Crippen LogP contribution in [0.2, 0.25) is 0 Å². The fourth-order valence-electron chi connectivity index (χ4n) is 24.1. The molecule has 12 atom stereocenters. The predicted octanol–water partition coefficient (Wildman–Crippen LogP) is 18.0. The summed E-state index contributed by atoms with van der Waals surface area (Å²) in [5.74, 6) is 5.48. The number of aryl methyl sites for hydroxylation is 8. The van der Waals surface area contributed by atoms with E-state index in [0.29, 0.717) is 115 Å². The summed E-state index contributed by atoms with van der Waals surface area (Å²) in [5.41, 5.74) is 40.8. The normalized spacial score (nSPS) is 24.1. The number of ether oxygens (including phenoxy) is 2. The number of halogens is 2. The average Bonchev–Trinajstić information content (AvgIpc) is 1.59. The molecule has 12 aliphatic rings. The Balaban J connectivity index is 0.000000106. The minimum Gasteiger partial charge on any atom is -0.491 e. The molecular formula is C102H116F2N18O6S4. The number of nitrogen functional groups attached to an aromatic ring is 4. The van der Waals surface area contributed by atoms with E-state index in [1.165, 1.54) is 171 Å². The number of rotatable bonds is 12. The fraction of sp³-hybridized carbons (Fsp3) is 0.471.